The van der Waals surface area contributed by atoms with Crippen molar-refractivity contribution >= 4 is 34.1 Å². The Balaban J connectivity index is 2.32. The van der Waals surface area contributed by atoms with Crippen molar-refractivity contribution in [1.82, 2.24) is 4.98 Å². The molecule has 3 rings (SSSR count). The first-order valence-corrected chi connectivity index (χ1v) is 7.21. The molecule has 20 heavy (non-hydrogen) atoms. The number of nitrogens with one attached hydrogen (secondary N) is 1. The highest BCUT2D eigenvalue weighted by molar-refractivity contribution is 6.39. The minimum atomic E-state index is 0.575. The maximum atomic E-state index is 6.36. The smallest absolute Gasteiger partial charge is 0.0517 e. The zero-order valence-corrected chi connectivity index (χ0v) is 12.3. The van der Waals surface area contributed by atoms with Crippen LogP contribution in [0, 0.1) is 0 Å². The lowest BCUT2D eigenvalue weighted by atomic mass is 10.0. The molecule has 0 atom stereocenters. The molecule has 3 aromatic rings. The largest absolute Gasteiger partial charge is 0.354 e. The summed E-state index contributed by atoms with van der Waals surface area (Å²) in [6.45, 7) is 0.575. The number of aromatic amines is 1. The third-order valence-electron chi connectivity index (χ3n) is 3.38. The summed E-state index contributed by atoms with van der Waals surface area (Å²) in [7, 11) is 0. The minimum Gasteiger partial charge on any atom is -0.354 e. The molecular weight excluding hydrogens is 291 g/mol. The highest BCUT2D eigenvalue weighted by Crippen LogP contribution is 2.36. The first-order chi connectivity index (χ1) is 9.70. The van der Waals surface area contributed by atoms with Crippen molar-refractivity contribution in [2.45, 2.75) is 6.42 Å². The maximum Gasteiger partial charge on any atom is 0.0517 e. The summed E-state index contributed by atoms with van der Waals surface area (Å²) in [4.78, 5) is 3.42. The lowest BCUT2D eigenvalue weighted by molar-refractivity contribution is 0.978. The van der Waals surface area contributed by atoms with E-state index in [9.17, 15) is 0 Å². The summed E-state index contributed by atoms with van der Waals surface area (Å²) >= 11 is 12.4. The Bertz CT molecular complexity index is 748. The Labute approximate surface area is 127 Å². The topological polar surface area (TPSA) is 41.8 Å². The van der Waals surface area contributed by atoms with Gasteiger partial charge in [0.1, 0.15) is 0 Å². The van der Waals surface area contributed by atoms with Gasteiger partial charge in [0.05, 0.1) is 5.02 Å². The van der Waals surface area contributed by atoms with Gasteiger partial charge >= 0.3 is 0 Å². The van der Waals surface area contributed by atoms with Crippen LogP contribution in [0.3, 0.4) is 0 Å². The van der Waals surface area contributed by atoms with Gasteiger partial charge in [-0.1, -0.05) is 53.5 Å². The monoisotopic (exact) mass is 304 g/mol. The number of benzene rings is 2. The van der Waals surface area contributed by atoms with Gasteiger partial charge in [-0.15, -0.1) is 0 Å². The van der Waals surface area contributed by atoms with Gasteiger partial charge in [0.2, 0.25) is 0 Å². The number of rotatable bonds is 3. The predicted molar refractivity (Wildman–Crippen MR) is 86.5 cm³/mol. The van der Waals surface area contributed by atoms with E-state index in [0.717, 1.165) is 34.1 Å². The van der Waals surface area contributed by atoms with Crippen molar-refractivity contribution in [3.05, 3.63) is 58.1 Å². The Morgan fingerprint density at radius 1 is 1.05 bits per heavy atom. The average Bonchev–Trinajstić information content (AvgIpc) is 2.79. The van der Waals surface area contributed by atoms with Gasteiger partial charge in [-0.05, 0) is 36.2 Å². The van der Waals surface area contributed by atoms with E-state index in [1.807, 2.05) is 24.3 Å². The van der Waals surface area contributed by atoms with E-state index in [1.54, 1.807) is 6.07 Å². The van der Waals surface area contributed by atoms with Crippen molar-refractivity contribution in [3.63, 3.8) is 0 Å². The third kappa shape index (κ3) is 2.31. The minimum absolute atomic E-state index is 0.575. The molecule has 1 aromatic heterocycles. The van der Waals surface area contributed by atoms with Crippen LogP contribution in [0.15, 0.2) is 42.5 Å². The molecule has 0 saturated heterocycles. The Morgan fingerprint density at radius 3 is 2.50 bits per heavy atom. The van der Waals surface area contributed by atoms with Gasteiger partial charge in [0.25, 0.3) is 0 Å². The number of nitrogens with two attached hydrogens (primary N) is 1. The summed E-state index contributed by atoms with van der Waals surface area (Å²) in [6.07, 6.45) is 0.769. The van der Waals surface area contributed by atoms with Crippen LogP contribution in [0.25, 0.3) is 22.2 Å². The summed E-state index contributed by atoms with van der Waals surface area (Å²) in [5.74, 6) is 0. The second-order valence-electron chi connectivity index (χ2n) is 4.69. The number of hydrogen-bond donors (Lipinski definition) is 2. The Morgan fingerprint density at radius 2 is 1.80 bits per heavy atom. The first-order valence-electron chi connectivity index (χ1n) is 6.46. The van der Waals surface area contributed by atoms with E-state index in [2.05, 4.69) is 17.1 Å². The van der Waals surface area contributed by atoms with Gasteiger partial charge in [-0.3, -0.25) is 0 Å². The van der Waals surface area contributed by atoms with Crippen molar-refractivity contribution in [2.75, 3.05) is 6.54 Å². The predicted octanol–water partition coefficient (Wildman–Crippen LogP) is 4.64. The molecule has 2 nitrogen and oxygen atoms in total. The fraction of sp³-hybridized carbons (Fsp3) is 0.125. The van der Waals surface area contributed by atoms with E-state index < -0.39 is 0 Å². The number of aromatic nitrogens is 1. The highest BCUT2D eigenvalue weighted by Gasteiger charge is 2.15. The molecule has 1 heterocycles. The van der Waals surface area contributed by atoms with Gasteiger partial charge in [-0.25, -0.2) is 0 Å². The molecule has 0 aliphatic heterocycles. The van der Waals surface area contributed by atoms with E-state index in [0.29, 0.717) is 16.6 Å². The van der Waals surface area contributed by atoms with E-state index in [-0.39, 0.29) is 0 Å². The summed E-state index contributed by atoms with van der Waals surface area (Å²) in [5.41, 5.74) is 10.0. The normalized spacial score (nSPS) is 11.2. The van der Waals surface area contributed by atoms with E-state index in [4.69, 9.17) is 28.9 Å². The van der Waals surface area contributed by atoms with Gasteiger partial charge in [0, 0.05) is 21.6 Å². The zero-order chi connectivity index (χ0) is 14.1. The van der Waals surface area contributed by atoms with Crippen LogP contribution in [0.5, 0.6) is 0 Å². The number of hydrogen-bond acceptors (Lipinski definition) is 1. The summed E-state index contributed by atoms with van der Waals surface area (Å²) < 4.78 is 0. The zero-order valence-electron chi connectivity index (χ0n) is 10.8. The maximum absolute atomic E-state index is 6.36. The standard InChI is InChI=1S/C16H14Cl2N2/c17-11-8-13(18)15-12(6-7-19)16(20-14(15)9-11)10-4-2-1-3-5-10/h1-5,8-9,20H,6-7,19H2. The summed E-state index contributed by atoms with van der Waals surface area (Å²) in [5, 5.41) is 2.30. The van der Waals surface area contributed by atoms with Crippen LogP contribution >= 0.6 is 23.2 Å². The highest BCUT2D eigenvalue weighted by atomic mass is 35.5. The van der Waals surface area contributed by atoms with Crippen LogP contribution < -0.4 is 5.73 Å². The quantitative estimate of drug-likeness (QED) is 0.727. The Kier molecular flexibility index (Phi) is 3.70. The van der Waals surface area contributed by atoms with Crippen LogP contribution in [0.1, 0.15) is 5.56 Å². The summed E-state index contributed by atoms with van der Waals surface area (Å²) in [6, 6.07) is 13.8. The van der Waals surface area contributed by atoms with E-state index in [1.165, 1.54) is 0 Å². The molecule has 0 spiro atoms. The molecule has 0 fully saturated rings. The fourth-order valence-corrected chi connectivity index (χ4v) is 3.17. The average molecular weight is 305 g/mol. The van der Waals surface area contributed by atoms with Crippen LogP contribution in [0.2, 0.25) is 10.0 Å². The number of halogens is 2. The van der Waals surface area contributed by atoms with Crippen LogP contribution in [-0.2, 0) is 6.42 Å². The molecule has 0 radical (unpaired) electrons. The lowest BCUT2D eigenvalue weighted by Crippen LogP contribution is -2.03. The van der Waals surface area contributed by atoms with Gasteiger partial charge < -0.3 is 10.7 Å². The first kappa shape index (κ1) is 13.5. The van der Waals surface area contributed by atoms with Gasteiger partial charge in [-0.2, -0.15) is 0 Å². The van der Waals surface area contributed by atoms with Crippen molar-refractivity contribution < 1.29 is 0 Å². The van der Waals surface area contributed by atoms with Crippen molar-refractivity contribution in [3.8, 4) is 11.3 Å². The Hall–Kier alpha value is -1.48. The van der Waals surface area contributed by atoms with Crippen LogP contribution in [-0.4, -0.2) is 11.5 Å². The molecule has 0 amide bonds. The molecule has 0 saturated carbocycles. The van der Waals surface area contributed by atoms with Gasteiger partial charge in [0.15, 0.2) is 0 Å². The van der Waals surface area contributed by atoms with E-state index >= 15 is 0 Å². The van der Waals surface area contributed by atoms with Crippen molar-refractivity contribution in [2.24, 2.45) is 5.73 Å². The fourth-order valence-electron chi connectivity index (χ4n) is 2.56. The lowest BCUT2D eigenvalue weighted by Gasteiger charge is -2.04. The number of fused-ring (bicyclic) bond motifs is 1. The second kappa shape index (κ2) is 5.49. The number of H-pyrrole nitrogens is 1. The molecule has 3 N–H and O–H groups in total. The molecule has 102 valence electrons. The second-order valence-corrected chi connectivity index (χ2v) is 5.54. The molecule has 0 unspecified atom stereocenters. The third-order valence-corrected chi connectivity index (χ3v) is 3.89. The molecular formula is C16H14Cl2N2. The van der Waals surface area contributed by atoms with Crippen molar-refractivity contribution in [1.29, 1.82) is 0 Å². The molecule has 4 heteroatoms. The SMILES string of the molecule is NCCc1c(-c2ccccc2)[nH]c2cc(Cl)cc(Cl)c12. The molecule has 0 aliphatic carbocycles. The van der Waals surface area contributed by atoms with Crippen LogP contribution in [0.4, 0.5) is 0 Å². The molecule has 0 aliphatic rings. The molecule has 0 bridgehead atoms. The molecule has 2 aromatic carbocycles.